The van der Waals surface area contributed by atoms with Crippen molar-refractivity contribution in [2.45, 2.75) is 56.7 Å². The standard InChI is InChI=1S/C17H26N2O4S/c18-15(21)11-5-7-17(23,8-6-11)14(16(19)22)10-12(20)3-4-13-2-1-9-24-13/h1-2,9,11-12,14,20,23H,3-8,10H2,(H2,18,21)(H2,19,22). The molecule has 0 bridgehead atoms. The van der Waals surface area contributed by atoms with Gasteiger partial charge in [0.05, 0.1) is 17.6 Å². The molecule has 0 radical (unpaired) electrons. The van der Waals surface area contributed by atoms with E-state index in [4.69, 9.17) is 11.5 Å². The molecule has 2 atom stereocenters. The molecule has 1 aromatic rings. The van der Waals surface area contributed by atoms with Crippen molar-refractivity contribution in [3.8, 4) is 0 Å². The molecule has 2 rings (SSSR count). The lowest BCUT2D eigenvalue weighted by Gasteiger charge is -2.40. The van der Waals surface area contributed by atoms with Crippen molar-refractivity contribution < 1.29 is 19.8 Å². The molecular weight excluding hydrogens is 328 g/mol. The van der Waals surface area contributed by atoms with Gasteiger partial charge in [0.2, 0.25) is 11.8 Å². The summed E-state index contributed by atoms with van der Waals surface area (Å²) in [5.41, 5.74) is 9.53. The Hall–Kier alpha value is -1.44. The minimum atomic E-state index is -1.26. The highest BCUT2D eigenvalue weighted by Crippen LogP contribution is 2.39. The molecule has 7 heteroatoms. The Morgan fingerprint density at radius 2 is 2.00 bits per heavy atom. The number of carbonyl (C=O) groups excluding carboxylic acids is 2. The fourth-order valence-electron chi connectivity index (χ4n) is 3.50. The van der Waals surface area contributed by atoms with Crippen LogP contribution in [0.5, 0.6) is 0 Å². The van der Waals surface area contributed by atoms with Gasteiger partial charge in [0.25, 0.3) is 0 Å². The topological polar surface area (TPSA) is 127 Å². The highest BCUT2D eigenvalue weighted by Gasteiger charge is 2.44. The Kier molecular flexibility index (Phi) is 6.37. The molecule has 2 unspecified atom stereocenters. The fraction of sp³-hybridized carbons (Fsp3) is 0.647. The number of aliphatic hydroxyl groups excluding tert-OH is 1. The summed E-state index contributed by atoms with van der Waals surface area (Å²) in [4.78, 5) is 24.3. The Labute approximate surface area is 145 Å². The van der Waals surface area contributed by atoms with Crippen molar-refractivity contribution in [3.63, 3.8) is 0 Å². The predicted octanol–water partition coefficient (Wildman–Crippen LogP) is 0.940. The van der Waals surface area contributed by atoms with E-state index in [1.165, 1.54) is 4.88 Å². The van der Waals surface area contributed by atoms with Crippen molar-refractivity contribution in [2.75, 3.05) is 0 Å². The second-order valence-electron chi connectivity index (χ2n) is 6.74. The number of hydrogen-bond acceptors (Lipinski definition) is 5. The molecule has 134 valence electrons. The highest BCUT2D eigenvalue weighted by atomic mass is 32.1. The molecule has 2 amide bonds. The highest BCUT2D eigenvalue weighted by molar-refractivity contribution is 7.09. The van der Waals surface area contributed by atoms with Crippen molar-refractivity contribution in [3.05, 3.63) is 22.4 Å². The lowest BCUT2D eigenvalue weighted by molar-refractivity contribution is -0.140. The summed E-state index contributed by atoms with van der Waals surface area (Å²) in [6.45, 7) is 0. The van der Waals surface area contributed by atoms with E-state index < -0.39 is 23.5 Å². The molecule has 6 nitrogen and oxygen atoms in total. The first-order valence-corrected chi connectivity index (χ1v) is 9.21. The number of rotatable bonds is 8. The van der Waals surface area contributed by atoms with Gasteiger partial charge in [0.15, 0.2) is 0 Å². The van der Waals surface area contributed by atoms with Crippen LogP contribution < -0.4 is 11.5 Å². The minimum Gasteiger partial charge on any atom is -0.393 e. The number of nitrogens with two attached hydrogens (primary N) is 2. The monoisotopic (exact) mass is 354 g/mol. The smallest absolute Gasteiger partial charge is 0.223 e. The van der Waals surface area contributed by atoms with E-state index in [-0.39, 0.29) is 18.2 Å². The summed E-state index contributed by atoms with van der Waals surface area (Å²) >= 11 is 1.62. The number of hydrogen-bond donors (Lipinski definition) is 4. The van der Waals surface area contributed by atoms with Gasteiger partial charge in [-0.1, -0.05) is 6.07 Å². The van der Waals surface area contributed by atoms with E-state index in [1.54, 1.807) is 11.3 Å². The number of carbonyl (C=O) groups is 2. The third-order valence-corrected chi connectivity index (χ3v) is 5.99. The van der Waals surface area contributed by atoms with Crippen LogP contribution in [0.4, 0.5) is 0 Å². The van der Waals surface area contributed by atoms with Gasteiger partial charge < -0.3 is 21.7 Å². The lowest BCUT2D eigenvalue weighted by atomic mass is 9.70. The Bertz CT molecular complexity index is 553. The zero-order valence-electron chi connectivity index (χ0n) is 13.7. The molecule has 1 heterocycles. The lowest BCUT2D eigenvalue weighted by Crippen LogP contribution is -2.49. The predicted molar refractivity (Wildman–Crippen MR) is 92.1 cm³/mol. The van der Waals surface area contributed by atoms with Crippen molar-refractivity contribution in [1.29, 1.82) is 0 Å². The third-order valence-electron chi connectivity index (χ3n) is 5.06. The van der Waals surface area contributed by atoms with E-state index in [0.29, 0.717) is 32.1 Å². The van der Waals surface area contributed by atoms with Crippen LogP contribution in [0.3, 0.4) is 0 Å². The van der Waals surface area contributed by atoms with Gasteiger partial charge in [-0.15, -0.1) is 11.3 Å². The maximum absolute atomic E-state index is 11.8. The van der Waals surface area contributed by atoms with Crippen LogP contribution in [0.1, 0.15) is 43.4 Å². The van der Waals surface area contributed by atoms with Crippen LogP contribution in [0.25, 0.3) is 0 Å². The summed E-state index contributed by atoms with van der Waals surface area (Å²) in [6.07, 6.45) is 2.16. The summed E-state index contributed by atoms with van der Waals surface area (Å²) in [6, 6.07) is 3.96. The van der Waals surface area contributed by atoms with Gasteiger partial charge in [-0.05, 0) is 56.4 Å². The van der Waals surface area contributed by atoms with E-state index in [9.17, 15) is 19.8 Å². The minimum absolute atomic E-state index is 0.137. The van der Waals surface area contributed by atoms with E-state index in [0.717, 1.165) is 6.42 Å². The van der Waals surface area contributed by atoms with Gasteiger partial charge in [0, 0.05) is 10.8 Å². The van der Waals surface area contributed by atoms with Gasteiger partial charge in [-0.3, -0.25) is 9.59 Å². The molecule has 24 heavy (non-hydrogen) atoms. The average Bonchev–Trinajstić information content (AvgIpc) is 3.04. The van der Waals surface area contributed by atoms with E-state index in [1.807, 2.05) is 17.5 Å². The van der Waals surface area contributed by atoms with E-state index in [2.05, 4.69) is 0 Å². The van der Waals surface area contributed by atoms with Crippen LogP contribution in [0.2, 0.25) is 0 Å². The molecule has 1 fully saturated rings. The molecule has 0 spiro atoms. The number of aryl methyl sites for hydroxylation is 1. The molecule has 1 aliphatic carbocycles. The van der Waals surface area contributed by atoms with Crippen molar-refractivity contribution >= 4 is 23.2 Å². The average molecular weight is 354 g/mol. The Morgan fingerprint density at radius 1 is 1.33 bits per heavy atom. The van der Waals surface area contributed by atoms with Crippen LogP contribution in [0.15, 0.2) is 17.5 Å². The van der Waals surface area contributed by atoms with Crippen LogP contribution in [-0.2, 0) is 16.0 Å². The number of aliphatic hydroxyl groups is 2. The first-order valence-electron chi connectivity index (χ1n) is 8.33. The fourth-order valence-corrected chi connectivity index (χ4v) is 4.23. The van der Waals surface area contributed by atoms with Gasteiger partial charge in [-0.25, -0.2) is 0 Å². The molecule has 6 N–H and O–H groups in total. The summed E-state index contributed by atoms with van der Waals surface area (Å²) in [5.74, 6) is -2.05. The van der Waals surface area contributed by atoms with Gasteiger partial charge >= 0.3 is 0 Å². The van der Waals surface area contributed by atoms with E-state index >= 15 is 0 Å². The largest absolute Gasteiger partial charge is 0.393 e. The van der Waals surface area contributed by atoms with Gasteiger partial charge in [-0.2, -0.15) is 0 Å². The maximum atomic E-state index is 11.8. The maximum Gasteiger partial charge on any atom is 0.223 e. The zero-order valence-corrected chi connectivity index (χ0v) is 14.5. The molecule has 1 saturated carbocycles. The van der Waals surface area contributed by atoms with Crippen molar-refractivity contribution in [1.82, 2.24) is 0 Å². The zero-order chi connectivity index (χ0) is 17.7. The molecule has 0 saturated heterocycles. The van der Waals surface area contributed by atoms with Crippen LogP contribution in [0, 0.1) is 11.8 Å². The molecule has 0 aromatic carbocycles. The second-order valence-corrected chi connectivity index (χ2v) is 7.77. The number of amides is 2. The molecule has 1 aliphatic rings. The third kappa shape index (κ3) is 4.78. The van der Waals surface area contributed by atoms with Crippen molar-refractivity contribution in [2.24, 2.45) is 23.3 Å². The molecular formula is C17H26N2O4S. The summed E-state index contributed by atoms with van der Waals surface area (Å²) < 4.78 is 0. The summed E-state index contributed by atoms with van der Waals surface area (Å²) in [7, 11) is 0. The molecule has 1 aromatic heterocycles. The summed E-state index contributed by atoms with van der Waals surface area (Å²) in [5, 5.41) is 23.1. The number of primary amides is 2. The normalized spacial score (nSPS) is 26.7. The first-order chi connectivity index (χ1) is 11.3. The Balaban J connectivity index is 1.93. The first kappa shape index (κ1) is 18.9. The number of thiophene rings is 1. The quantitative estimate of drug-likeness (QED) is 0.554. The van der Waals surface area contributed by atoms with Crippen LogP contribution in [-0.4, -0.2) is 33.7 Å². The van der Waals surface area contributed by atoms with Crippen LogP contribution >= 0.6 is 11.3 Å². The van der Waals surface area contributed by atoms with Gasteiger partial charge in [0.1, 0.15) is 0 Å². The molecule has 0 aliphatic heterocycles. The Morgan fingerprint density at radius 3 is 2.50 bits per heavy atom. The SMILES string of the molecule is NC(=O)C1CCC(O)(C(CC(O)CCc2cccs2)C(N)=O)CC1. The second kappa shape index (κ2) is 8.09.